The van der Waals surface area contributed by atoms with E-state index in [4.69, 9.17) is 5.26 Å². The van der Waals surface area contributed by atoms with E-state index in [0.717, 1.165) is 0 Å². The van der Waals surface area contributed by atoms with E-state index in [2.05, 4.69) is 0 Å². The van der Waals surface area contributed by atoms with Gasteiger partial charge in [-0.1, -0.05) is 13.0 Å². The average molecular weight is 249 g/mol. The van der Waals surface area contributed by atoms with Crippen LogP contribution in [0, 0.1) is 11.3 Å². The molecular weight excluding hydrogens is 234 g/mol. The second-order valence-electron chi connectivity index (χ2n) is 3.93. The molecule has 2 atom stereocenters. The number of aliphatic hydroxyl groups is 2. The van der Waals surface area contributed by atoms with Gasteiger partial charge in [0.25, 0.3) is 0 Å². The third kappa shape index (κ3) is 3.06. The normalized spacial score (nSPS) is 13.7. The van der Waals surface area contributed by atoms with Gasteiger partial charge in [-0.2, -0.15) is 5.26 Å². The second kappa shape index (κ2) is 6.15. The van der Waals surface area contributed by atoms with Crippen molar-refractivity contribution < 1.29 is 20.1 Å². The van der Waals surface area contributed by atoms with Gasteiger partial charge in [0, 0.05) is 6.42 Å². The number of hydrogen-bond donors (Lipinski definition) is 3. The highest BCUT2D eigenvalue weighted by Gasteiger charge is 2.20. The number of Topliss-reactive ketones (excluding diaryl/α,β-unsaturated/α-hetero) is 1. The molecule has 0 amide bonds. The third-order valence-electron chi connectivity index (χ3n) is 2.65. The summed E-state index contributed by atoms with van der Waals surface area (Å²) in [5, 5.41) is 37.3. The largest absolute Gasteiger partial charge is 0.507 e. The maximum atomic E-state index is 11.5. The SMILES string of the molecule is CCC(=O)c1cc(C(O)C(O)CC#N)ccc1O. The molecular formula is C13H15NO4. The fourth-order valence-electron chi connectivity index (χ4n) is 1.58. The fraction of sp³-hybridized carbons (Fsp3) is 0.385. The number of carbonyl (C=O) groups excluding carboxylic acids is 1. The maximum absolute atomic E-state index is 11.5. The van der Waals surface area contributed by atoms with E-state index in [9.17, 15) is 20.1 Å². The Kier molecular flexibility index (Phi) is 4.84. The number of nitrogens with zero attached hydrogens (tertiary/aromatic N) is 1. The number of aromatic hydroxyl groups is 1. The number of phenolic OH excluding ortho intramolecular Hbond substituents is 1. The van der Waals surface area contributed by atoms with Crippen molar-refractivity contribution in [2.24, 2.45) is 0 Å². The van der Waals surface area contributed by atoms with Crippen molar-refractivity contribution in [1.29, 1.82) is 5.26 Å². The molecule has 0 saturated carbocycles. The van der Waals surface area contributed by atoms with Crippen molar-refractivity contribution in [3.63, 3.8) is 0 Å². The molecule has 1 aromatic carbocycles. The minimum atomic E-state index is -1.26. The zero-order chi connectivity index (χ0) is 13.7. The molecule has 2 unspecified atom stereocenters. The van der Waals surface area contributed by atoms with Gasteiger partial charge in [-0.05, 0) is 17.7 Å². The molecule has 0 saturated heterocycles. The highest BCUT2D eigenvalue weighted by Crippen LogP contribution is 2.26. The van der Waals surface area contributed by atoms with Crippen LogP contribution in [0.1, 0.15) is 41.8 Å². The van der Waals surface area contributed by atoms with Gasteiger partial charge in [0.15, 0.2) is 5.78 Å². The Hall–Kier alpha value is -1.90. The molecule has 5 nitrogen and oxygen atoms in total. The van der Waals surface area contributed by atoms with E-state index in [1.807, 2.05) is 0 Å². The number of rotatable bonds is 5. The highest BCUT2D eigenvalue weighted by molar-refractivity contribution is 5.98. The third-order valence-corrected chi connectivity index (χ3v) is 2.65. The van der Waals surface area contributed by atoms with Crippen LogP contribution in [0.15, 0.2) is 18.2 Å². The Morgan fingerprint density at radius 2 is 2.11 bits per heavy atom. The van der Waals surface area contributed by atoms with Gasteiger partial charge >= 0.3 is 0 Å². The molecule has 0 radical (unpaired) electrons. The number of hydrogen-bond acceptors (Lipinski definition) is 5. The predicted molar refractivity (Wildman–Crippen MR) is 63.9 cm³/mol. The first-order valence-electron chi connectivity index (χ1n) is 5.60. The highest BCUT2D eigenvalue weighted by atomic mass is 16.3. The first kappa shape index (κ1) is 14.2. The molecule has 3 N–H and O–H groups in total. The second-order valence-corrected chi connectivity index (χ2v) is 3.93. The molecule has 0 aliphatic heterocycles. The Labute approximate surface area is 105 Å². The fourth-order valence-corrected chi connectivity index (χ4v) is 1.58. The van der Waals surface area contributed by atoms with E-state index in [-0.39, 0.29) is 29.9 Å². The summed E-state index contributed by atoms with van der Waals surface area (Å²) in [6.45, 7) is 1.66. The Morgan fingerprint density at radius 3 is 2.67 bits per heavy atom. The van der Waals surface area contributed by atoms with Crippen molar-refractivity contribution in [2.75, 3.05) is 0 Å². The molecule has 1 aromatic rings. The lowest BCUT2D eigenvalue weighted by molar-refractivity contribution is 0.0215. The van der Waals surface area contributed by atoms with E-state index < -0.39 is 12.2 Å². The summed E-state index contributed by atoms with van der Waals surface area (Å²) in [6.07, 6.45) is -2.45. The Morgan fingerprint density at radius 1 is 1.44 bits per heavy atom. The minimum Gasteiger partial charge on any atom is -0.507 e. The first-order chi connectivity index (χ1) is 8.51. The number of aliphatic hydroxyl groups excluding tert-OH is 2. The van der Waals surface area contributed by atoms with Crippen LogP contribution < -0.4 is 0 Å². The summed E-state index contributed by atoms with van der Waals surface area (Å²) in [5.41, 5.74) is 0.408. The Balaban J connectivity index is 3.05. The quantitative estimate of drug-likeness (QED) is 0.682. The topological polar surface area (TPSA) is 102 Å². The number of ketones is 1. The van der Waals surface area contributed by atoms with Crippen LogP contribution in [0.3, 0.4) is 0 Å². The van der Waals surface area contributed by atoms with Gasteiger partial charge < -0.3 is 15.3 Å². The zero-order valence-electron chi connectivity index (χ0n) is 10.00. The van der Waals surface area contributed by atoms with Crippen molar-refractivity contribution in [1.82, 2.24) is 0 Å². The summed E-state index contributed by atoms with van der Waals surface area (Å²) in [5.74, 6) is -0.413. The summed E-state index contributed by atoms with van der Waals surface area (Å²) < 4.78 is 0. The summed E-state index contributed by atoms with van der Waals surface area (Å²) >= 11 is 0. The van der Waals surface area contributed by atoms with Crippen molar-refractivity contribution in [3.05, 3.63) is 29.3 Å². The zero-order valence-corrected chi connectivity index (χ0v) is 10.00. The van der Waals surface area contributed by atoms with Crippen LogP contribution in [-0.4, -0.2) is 27.2 Å². The van der Waals surface area contributed by atoms with Crippen molar-refractivity contribution in [3.8, 4) is 11.8 Å². The lowest BCUT2D eigenvalue weighted by atomic mass is 9.98. The monoisotopic (exact) mass is 249 g/mol. The first-order valence-corrected chi connectivity index (χ1v) is 5.60. The molecule has 0 aliphatic carbocycles. The van der Waals surface area contributed by atoms with Crippen molar-refractivity contribution >= 4 is 5.78 Å². The molecule has 18 heavy (non-hydrogen) atoms. The average Bonchev–Trinajstić information content (AvgIpc) is 2.38. The number of phenols is 1. The molecule has 0 aliphatic rings. The molecule has 0 aromatic heterocycles. The Bertz CT molecular complexity index is 478. The van der Waals surface area contributed by atoms with Crippen LogP contribution >= 0.6 is 0 Å². The van der Waals surface area contributed by atoms with E-state index in [0.29, 0.717) is 5.56 Å². The molecule has 0 heterocycles. The van der Waals surface area contributed by atoms with Gasteiger partial charge in [-0.15, -0.1) is 0 Å². The summed E-state index contributed by atoms with van der Waals surface area (Å²) in [7, 11) is 0. The number of nitriles is 1. The van der Waals surface area contributed by atoms with Gasteiger partial charge in [0.2, 0.25) is 0 Å². The lowest BCUT2D eigenvalue weighted by Gasteiger charge is -2.16. The van der Waals surface area contributed by atoms with Crippen LogP contribution in [0.25, 0.3) is 0 Å². The van der Waals surface area contributed by atoms with Crippen LogP contribution in [0.4, 0.5) is 0 Å². The van der Waals surface area contributed by atoms with Crippen LogP contribution in [0.5, 0.6) is 5.75 Å². The van der Waals surface area contributed by atoms with Gasteiger partial charge in [-0.3, -0.25) is 4.79 Å². The van der Waals surface area contributed by atoms with Gasteiger partial charge in [0.05, 0.1) is 24.2 Å². The lowest BCUT2D eigenvalue weighted by Crippen LogP contribution is -2.17. The number of benzene rings is 1. The molecule has 1 rings (SSSR count). The van der Waals surface area contributed by atoms with Crippen LogP contribution in [-0.2, 0) is 0 Å². The van der Waals surface area contributed by atoms with Crippen LogP contribution in [0.2, 0.25) is 0 Å². The maximum Gasteiger partial charge on any atom is 0.166 e. The smallest absolute Gasteiger partial charge is 0.166 e. The summed E-state index contributed by atoms with van der Waals surface area (Å²) in [6, 6.07) is 5.79. The van der Waals surface area contributed by atoms with E-state index in [1.54, 1.807) is 13.0 Å². The summed E-state index contributed by atoms with van der Waals surface area (Å²) in [4.78, 5) is 11.5. The van der Waals surface area contributed by atoms with E-state index >= 15 is 0 Å². The molecule has 96 valence electrons. The number of carbonyl (C=O) groups is 1. The molecule has 0 fully saturated rings. The van der Waals surface area contributed by atoms with E-state index in [1.165, 1.54) is 18.2 Å². The minimum absolute atomic E-state index is 0.109. The standard InChI is InChI=1S/C13H15NO4/c1-2-10(15)9-7-8(3-4-11(9)16)13(18)12(17)5-6-14/h3-4,7,12-13,16-18H,2,5H2,1H3. The van der Waals surface area contributed by atoms with Gasteiger partial charge in [0.1, 0.15) is 11.9 Å². The molecule has 0 bridgehead atoms. The molecule has 0 spiro atoms. The van der Waals surface area contributed by atoms with Crippen molar-refractivity contribution in [2.45, 2.75) is 32.0 Å². The van der Waals surface area contributed by atoms with Gasteiger partial charge in [-0.25, -0.2) is 0 Å². The molecule has 5 heteroatoms. The predicted octanol–water partition coefficient (Wildman–Crippen LogP) is 1.29.